The quantitative estimate of drug-likeness (QED) is 0.458. The van der Waals surface area contributed by atoms with Gasteiger partial charge in [0.2, 0.25) is 0 Å². The van der Waals surface area contributed by atoms with Gasteiger partial charge in [0.25, 0.3) is 5.91 Å². The summed E-state index contributed by atoms with van der Waals surface area (Å²) in [5.41, 5.74) is 0.706. The highest BCUT2D eigenvalue weighted by Gasteiger charge is 2.36. The summed E-state index contributed by atoms with van der Waals surface area (Å²) in [5, 5.41) is 6.87. The lowest BCUT2D eigenvalue weighted by atomic mass is 10.1. The van der Waals surface area contributed by atoms with E-state index in [1.807, 2.05) is 6.92 Å². The van der Waals surface area contributed by atoms with Crippen LogP contribution in [0.25, 0.3) is 16.9 Å². The van der Waals surface area contributed by atoms with Crippen molar-refractivity contribution in [3.63, 3.8) is 0 Å². The van der Waals surface area contributed by atoms with Crippen LogP contribution >= 0.6 is 11.6 Å². The molecule has 0 unspecified atom stereocenters. The van der Waals surface area contributed by atoms with Gasteiger partial charge in [-0.3, -0.25) is 4.79 Å². The number of rotatable bonds is 3. The molecule has 0 aliphatic heterocycles. The second kappa shape index (κ2) is 7.46. The monoisotopic (exact) mass is 430 g/mol. The number of aromatic nitrogens is 3. The zero-order valence-electron chi connectivity index (χ0n) is 15.5. The zero-order valence-corrected chi connectivity index (χ0v) is 16.3. The van der Waals surface area contributed by atoms with Crippen LogP contribution in [0.3, 0.4) is 0 Å². The van der Waals surface area contributed by atoms with Gasteiger partial charge in [-0.15, -0.1) is 0 Å². The third kappa shape index (κ3) is 3.86. The number of hydrogen-bond acceptors (Lipinski definition) is 3. The highest BCUT2D eigenvalue weighted by Crippen LogP contribution is 2.33. The Balaban J connectivity index is 1.83. The Morgan fingerprint density at radius 2 is 1.73 bits per heavy atom. The van der Waals surface area contributed by atoms with Gasteiger partial charge in [-0.25, -0.2) is 9.50 Å². The molecule has 2 aromatic carbocycles. The molecule has 0 aliphatic rings. The van der Waals surface area contributed by atoms with Crippen molar-refractivity contribution in [2.75, 3.05) is 5.32 Å². The molecule has 1 N–H and O–H groups in total. The van der Waals surface area contributed by atoms with Gasteiger partial charge < -0.3 is 5.32 Å². The van der Waals surface area contributed by atoms with Gasteiger partial charge >= 0.3 is 6.18 Å². The van der Waals surface area contributed by atoms with Crippen LogP contribution in [-0.4, -0.2) is 20.5 Å². The maximum Gasteiger partial charge on any atom is 0.433 e. The first-order valence-corrected chi connectivity index (χ1v) is 9.20. The molecule has 1 amide bonds. The molecule has 0 spiro atoms. The normalized spacial score (nSPS) is 11.6. The number of halogens is 4. The first-order chi connectivity index (χ1) is 14.2. The first-order valence-electron chi connectivity index (χ1n) is 8.82. The fourth-order valence-electron chi connectivity index (χ4n) is 2.93. The molecule has 0 radical (unpaired) electrons. The molecular formula is C21H14ClF3N4O. The number of aryl methyl sites for hydroxylation is 1. The zero-order chi connectivity index (χ0) is 21.5. The summed E-state index contributed by atoms with van der Waals surface area (Å²) in [6.45, 7) is 1.87. The van der Waals surface area contributed by atoms with Crippen LogP contribution in [0.5, 0.6) is 0 Å². The van der Waals surface area contributed by atoms with E-state index in [2.05, 4.69) is 15.4 Å². The predicted octanol–water partition coefficient (Wildman–Crippen LogP) is 5.63. The molecule has 0 atom stereocenters. The minimum atomic E-state index is -4.68. The van der Waals surface area contributed by atoms with Gasteiger partial charge in [0, 0.05) is 16.3 Å². The van der Waals surface area contributed by atoms with Gasteiger partial charge in [-0.2, -0.15) is 18.3 Å². The van der Waals surface area contributed by atoms with Crippen molar-refractivity contribution in [2.45, 2.75) is 13.1 Å². The van der Waals surface area contributed by atoms with E-state index in [1.54, 1.807) is 48.5 Å². The van der Waals surface area contributed by atoms with E-state index in [1.165, 1.54) is 0 Å². The van der Waals surface area contributed by atoms with Crippen molar-refractivity contribution in [1.29, 1.82) is 0 Å². The van der Waals surface area contributed by atoms with E-state index in [0.717, 1.165) is 17.8 Å². The molecule has 9 heteroatoms. The van der Waals surface area contributed by atoms with Crippen molar-refractivity contribution < 1.29 is 18.0 Å². The average Bonchev–Trinajstić information content (AvgIpc) is 3.13. The molecule has 0 bridgehead atoms. The minimum Gasteiger partial charge on any atom is -0.322 e. The lowest BCUT2D eigenvalue weighted by Crippen LogP contribution is -2.15. The lowest BCUT2D eigenvalue weighted by Gasteiger charge is -2.12. The second-order valence-corrected chi connectivity index (χ2v) is 7.08. The Hall–Kier alpha value is -3.39. The van der Waals surface area contributed by atoms with Crippen molar-refractivity contribution in [2.24, 2.45) is 0 Å². The van der Waals surface area contributed by atoms with Crippen LogP contribution in [0, 0.1) is 6.92 Å². The molecule has 0 aliphatic carbocycles. The summed E-state index contributed by atoms with van der Waals surface area (Å²) in [4.78, 5) is 17.0. The van der Waals surface area contributed by atoms with Crippen LogP contribution in [0.1, 0.15) is 21.6 Å². The molecule has 2 aromatic heterocycles. The largest absolute Gasteiger partial charge is 0.433 e. The summed E-state index contributed by atoms with van der Waals surface area (Å²) < 4.78 is 41.6. The van der Waals surface area contributed by atoms with Crippen LogP contribution in [-0.2, 0) is 6.18 Å². The standard InChI is InChI=1S/C21H14ClF3N4O/c1-12-2-4-13(5-3-12)17-10-18(21(23,24)25)29-19(28-17)16(11-26-29)20(30)27-15-8-6-14(22)7-9-15/h2-11H,1H3,(H,27,30). The summed E-state index contributed by atoms with van der Waals surface area (Å²) in [6, 6.07) is 14.2. The summed E-state index contributed by atoms with van der Waals surface area (Å²) >= 11 is 5.83. The highest BCUT2D eigenvalue weighted by molar-refractivity contribution is 6.30. The van der Waals surface area contributed by atoms with Gasteiger partial charge in [-0.1, -0.05) is 41.4 Å². The Morgan fingerprint density at radius 3 is 2.37 bits per heavy atom. The van der Waals surface area contributed by atoms with Crippen molar-refractivity contribution in [1.82, 2.24) is 14.6 Å². The average molecular weight is 431 g/mol. The number of nitrogens with zero attached hydrogens (tertiary/aromatic N) is 3. The summed E-state index contributed by atoms with van der Waals surface area (Å²) in [7, 11) is 0. The van der Waals surface area contributed by atoms with Gasteiger partial charge in [0.05, 0.1) is 11.9 Å². The number of carbonyl (C=O) groups excluding carboxylic acids is 1. The third-order valence-corrected chi connectivity index (χ3v) is 4.71. The molecule has 2 heterocycles. The van der Waals surface area contributed by atoms with Gasteiger partial charge in [0.15, 0.2) is 11.3 Å². The molecular weight excluding hydrogens is 417 g/mol. The first kappa shape index (κ1) is 19.9. The molecule has 0 saturated carbocycles. The number of anilines is 1. The Labute approximate surface area is 174 Å². The topological polar surface area (TPSA) is 59.3 Å². The van der Waals surface area contributed by atoms with Crippen molar-refractivity contribution in [3.05, 3.63) is 82.6 Å². The lowest BCUT2D eigenvalue weighted by molar-refractivity contribution is -0.142. The van der Waals surface area contributed by atoms with Crippen LogP contribution in [0.2, 0.25) is 5.02 Å². The third-order valence-electron chi connectivity index (χ3n) is 4.46. The van der Waals surface area contributed by atoms with Gasteiger partial charge in [0.1, 0.15) is 5.56 Å². The van der Waals surface area contributed by atoms with Crippen LogP contribution < -0.4 is 5.32 Å². The smallest absolute Gasteiger partial charge is 0.322 e. The van der Waals surface area contributed by atoms with Crippen LogP contribution in [0.15, 0.2) is 60.8 Å². The number of hydrogen-bond donors (Lipinski definition) is 1. The summed E-state index contributed by atoms with van der Waals surface area (Å²) in [6.07, 6.45) is -3.61. The molecule has 5 nitrogen and oxygen atoms in total. The molecule has 152 valence electrons. The summed E-state index contributed by atoms with van der Waals surface area (Å²) in [5.74, 6) is -0.631. The number of carbonyl (C=O) groups is 1. The SMILES string of the molecule is Cc1ccc(-c2cc(C(F)(F)F)n3ncc(C(=O)Nc4ccc(Cl)cc4)c3n2)cc1. The van der Waals surface area contributed by atoms with E-state index in [9.17, 15) is 18.0 Å². The molecule has 0 fully saturated rings. The molecule has 4 rings (SSSR count). The Kier molecular flexibility index (Phi) is 4.95. The van der Waals surface area contributed by atoms with Crippen molar-refractivity contribution in [3.8, 4) is 11.3 Å². The predicted molar refractivity (Wildman–Crippen MR) is 108 cm³/mol. The fraction of sp³-hybridized carbons (Fsp3) is 0.0952. The van der Waals surface area contributed by atoms with E-state index < -0.39 is 17.8 Å². The fourth-order valence-corrected chi connectivity index (χ4v) is 3.05. The van der Waals surface area contributed by atoms with Crippen LogP contribution in [0.4, 0.5) is 18.9 Å². The Bertz CT molecular complexity index is 1230. The molecule has 4 aromatic rings. The molecule has 30 heavy (non-hydrogen) atoms. The van der Waals surface area contributed by atoms with E-state index >= 15 is 0 Å². The molecule has 0 saturated heterocycles. The minimum absolute atomic E-state index is 0.0792. The highest BCUT2D eigenvalue weighted by atomic mass is 35.5. The number of alkyl halides is 3. The van der Waals surface area contributed by atoms with E-state index in [4.69, 9.17) is 11.6 Å². The number of fused-ring (bicyclic) bond motifs is 1. The maximum atomic E-state index is 13.7. The Morgan fingerprint density at radius 1 is 1.07 bits per heavy atom. The second-order valence-electron chi connectivity index (χ2n) is 6.65. The van der Waals surface area contributed by atoms with E-state index in [-0.39, 0.29) is 16.9 Å². The van der Waals surface area contributed by atoms with Gasteiger partial charge in [-0.05, 0) is 37.3 Å². The maximum absolute atomic E-state index is 13.7. The number of nitrogens with one attached hydrogen (secondary N) is 1. The number of benzene rings is 2. The number of amides is 1. The van der Waals surface area contributed by atoms with Crippen molar-refractivity contribution >= 4 is 28.8 Å². The van der Waals surface area contributed by atoms with E-state index in [0.29, 0.717) is 20.8 Å².